The second kappa shape index (κ2) is 9.53. The highest BCUT2D eigenvalue weighted by Gasteiger charge is 2.32. The number of amides is 1. The van der Waals surface area contributed by atoms with Crippen molar-refractivity contribution in [1.82, 2.24) is 5.32 Å². The van der Waals surface area contributed by atoms with Crippen LogP contribution in [0.25, 0.3) is 0 Å². The van der Waals surface area contributed by atoms with Crippen LogP contribution in [-0.4, -0.2) is 38.8 Å². The van der Waals surface area contributed by atoms with E-state index in [4.69, 9.17) is 14.2 Å². The molecule has 2 aromatic rings. The van der Waals surface area contributed by atoms with E-state index in [1.807, 2.05) is 0 Å². The topological polar surface area (TPSA) is 109 Å². The van der Waals surface area contributed by atoms with Gasteiger partial charge < -0.3 is 24.3 Å². The van der Waals surface area contributed by atoms with Gasteiger partial charge in [-0.25, -0.2) is 0 Å². The van der Waals surface area contributed by atoms with Crippen molar-refractivity contribution >= 4 is 11.6 Å². The Labute approximate surface area is 164 Å². The fourth-order valence-electron chi connectivity index (χ4n) is 2.63. The molecule has 0 aliphatic rings. The molecule has 2 aromatic carbocycles. The highest BCUT2D eigenvalue weighted by atomic mass is 19.3. The molecule has 0 aromatic heterocycles. The van der Waals surface area contributed by atoms with E-state index in [1.54, 1.807) is 6.07 Å². The number of nitro groups is 1. The van der Waals surface area contributed by atoms with Crippen molar-refractivity contribution in [1.29, 1.82) is 0 Å². The maximum atomic E-state index is 12.7. The van der Waals surface area contributed by atoms with E-state index >= 15 is 0 Å². The van der Waals surface area contributed by atoms with Gasteiger partial charge in [0.25, 0.3) is 5.91 Å². The number of para-hydroxylation sites is 1. The largest absolute Gasteiger partial charge is 0.493 e. The summed E-state index contributed by atoms with van der Waals surface area (Å²) in [4.78, 5) is 23.4. The summed E-state index contributed by atoms with van der Waals surface area (Å²) in [5.41, 5.74) is -0.715. The number of ether oxygens (including phenoxy) is 4. The van der Waals surface area contributed by atoms with Gasteiger partial charge in [-0.05, 0) is 6.07 Å². The van der Waals surface area contributed by atoms with Gasteiger partial charge in [-0.2, -0.15) is 8.78 Å². The molecule has 0 atom stereocenters. The summed E-state index contributed by atoms with van der Waals surface area (Å²) in [6.45, 7) is -3.25. The number of hydrogen-bond donors (Lipinski definition) is 1. The van der Waals surface area contributed by atoms with Crippen molar-refractivity contribution in [2.45, 2.75) is 13.2 Å². The molecule has 0 saturated heterocycles. The predicted molar refractivity (Wildman–Crippen MR) is 97.0 cm³/mol. The first-order valence-corrected chi connectivity index (χ1v) is 8.12. The molecule has 0 saturated carbocycles. The average molecular weight is 412 g/mol. The highest BCUT2D eigenvalue weighted by Crippen LogP contribution is 2.46. The number of alkyl halides is 2. The Morgan fingerprint density at radius 1 is 1.10 bits per heavy atom. The van der Waals surface area contributed by atoms with Crippen molar-refractivity contribution in [2.75, 3.05) is 21.3 Å². The molecular weight excluding hydrogens is 394 g/mol. The summed E-state index contributed by atoms with van der Waals surface area (Å²) < 4.78 is 44.7. The Morgan fingerprint density at radius 2 is 1.76 bits per heavy atom. The number of rotatable bonds is 9. The maximum absolute atomic E-state index is 12.7. The molecule has 0 bridgehead atoms. The van der Waals surface area contributed by atoms with Gasteiger partial charge in [-0.15, -0.1) is 0 Å². The van der Waals surface area contributed by atoms with E-state index in [1.165, 1.54) is 39.5 Å². The fourth-order valence-corrected chi connectivity index (χ4v) is 2.63. The minimum absolute atomic E-state index is 0.0431. The Morgan fingerprint density at radius 3 is 2.31 bits per heavy atom. The van der Waals surface area contributed by atoms with Gasteiger partial charge in [0, 0.05) is 18.2 Å². The number of carbonyl (C=O) groups is 1. The van der Waals surface area contributed by atoms with E-state index in [2.05, 4.69) is 10.1 Å². The van der Waals surface area contributed by atoms with Crippen molar-refractivity contribution in [3.05, 3.63) is 51.6 Å². The van der Waals surface area contributed by atoms with E-state index in [0.29, 0.717) is 0 Å². The van der Waals surface area contributed by atoms with Gasteiger partial charge in [0.15, 0.2) is 5.75 Å². The van der Waals surface area contributed by atoms with Crippen molar-refractivity contribution in [2.24, 2.45) is 0 Å². The molecule has 9 nitrogen and oxygen atoms in total. The van der Waals surface area contributed by atoms with Gasteiger partial charge in [0.2, 0.25) is 11.5 Å². The summed E-state index contributed by atoms with van der Waals surface area (Å²) in [6, 6.07) is 6.99. The molecule has 0 aliphatic heterocycles. The van der Waals surface area contributed by atoms with Crippen molar-refractivity contribution in [3.8, 4) is 23.0 Å². The van der Waals surface area contributed by atoms with Crippen LogP contribution in [0.5, 0.6) is 23.0 Å². The van der Waals surface area contributed by atoms with E-state index in [0.717, 1.165) is 6.07 Å². The molecule has 1 amide bonds. The van der Waals surface area contributed by atoms with Crippen LogP contribution in [0.4, 0.5) is 14.5 Å². The van der Waals surface area contributed by atoms with Crippen LogP contribution in [0.3, 0.4) is 0 Å². The van der Waals surface area contributed by atoms with Crippen LogP contribution >= 0.6 is 0 Å². The normalized spacial score (nSPS) is 10.4. The summed E-state index contributed by atoms with van der Waals surface area (Å²) in [5.74, 6) is -1.26. The number of nitrogens with one attached hydrogen (secondary N) is 1. The quantitative estimate of drug-likeness (QED) is 0.498. The fraction of sp³-hybridized carbons (Fsp3) is 0.278. The number of carbonyl (C=O) groups excluding carboxylic acids is 1. The Bertz CT molecular complexity index is 906. The van der Waals surface area contributed by atoms with Gasteiger partial charge >= 0.3 is 12.3 Å². The molecule has 0 spiro atoms. The summed E-state index contributed by atoms with van der Waals surface area (Å²) in [6.07, 6.45) is 0. The summed E-state index contributed by atoms with van der Waals surface area (Å²) in [7, 11) is 3.75. The minimum Gasteiger partial charge on any atom is -0.493 e. The molecule has 0 aliphatic carbocycles. The van der Waals surface area contributed by atoms with Crippen LogP contribution in [0.15, 0.2) is 30.3 Å². The number of halogens is 2. The molecule has 2 rings (SSSR count). The lowest BCUT2D eigenvalue weighted by atomic mass is 10.1. The monoisotopic (exact) mass is 412 g/mol. The Kier molecular flexibility index (Phi) is 7.12. The SMILES string of the molecule is COc1cc(C(=O)NCc2ccccc2OC(F)F)c([N+](=O)[O-])c(OC)c1OC. The molecule has 0 radical (unpaired) electrons. The van der Waals surface area contributed by atoms with Crippen molar-refractivity contribution < 1.29 is 37.4 Å². The standard InChI is InChI=1S/C18H18F2N2O7/c1-26-13-8-11(14(22(24)25)16(28-3)15(13)27-2)17(23)21-9-10-6-4-5-7-12(10)29-18(19)20/h4-8,18H,9H2,1-3H3,(H,21,23). The first kappa shape index (κ1) is 21.7. The Balaban J connectivity index is 2.40. The van der Waals surface area contributed by atoms with Crippen LogP contribution in [-0.2, 0) is 6.54 Å². The van der Waals surface area contributed by atoms with E-state index in [-0.39, 0.29) is 40.7 Å². The number of benzene rings is 2. The lowest BCUT2D eigenvalue weighted by Gasteiger charge is -2.15. The third kappa shape index (κ3) is 4.81. The zero-order valence-corrected chi connectivity index (χ0v) is 15.7. The van der Waals surface area contributed by atoms with Crippen LogP contribution < -0.4 is 24.3 Å². The number of hydrogen-bond acceptors (Lipinski definition) is 7. The third-order valence-electron chi connectivity index (χ3n) is 3.86. The molecule has 0 unspecified atom stereocenters. The smallest absolute Gasteiger partial charge is 0.387 e. The second-order valence-electron chi connectivity index (χ2n) is 5.47. The first-order chi connectivity index (χ1) is 13.8. The van der Waals surface area contributed by atoms with E-state index in [9.17, 15) is 23.7 Å². The highest BCUT2D eigenvalue weighted by molar-refractivity contribution is 6.00. The molecule has 1 N–H and O–H groups in total. The lowest BCUT2D eigenvalue weighted by molar-refractivity contribution is -0.386. The second-order valence-corrected chi connectivity index (χ2v) is 5.47. The predicted octanol–water partition coefficient (Wildman–Crippen LogP) is 3.15. The lowest BCUT2D eigenvalue weighted by Crippen LogP contribution is -2.24. The van der Waals surface area contributed by atoms with Gasteiger partial charge in [0.05, 0.1) is 26.3 Å². The van der Waals surface area contributed by atoms with Crippen LogP contribution in [0, 0.1) is 10.1 Å². The van der Waals surface area contributed by atoms with Crippen LogP contribution in [0.2, 0.25) is 0 Å². The molecule has 0 fully saturated rings. The molecule has 0 heterocycles. The molecule has 156 valence electrons. The zero-order chi connectivity index (χ0) is 21.6. The first-order valence-electron chi connectivity index (χ1n) is 8.12. The molecule has 11 heteroatoms. The summed E-state index contributed by atoms with van der Waals surface area (Å²) >= 11 is 0. The number of methoxy groups -OCH3 is 3. The van der Waals surface area contributed by atoms with Gasteiger partial charge in [-0.3, -0.25) is 14.9 Å². The number of nitro benzene ring substituents is 1. The average Bonchev–Trinajstić information content (AvgIpc) is 2.70. The summed E-state index contributed by atoms with van der Waals surface area (Å²) in [5, 5.41) is 14.0. The van der Waals surface area contributed by atoms with Crippen molar-refractivity contribution in [3.63, 3.8) is 0 Å². The van der Waals surface area contributed by atoms with E-state index < -0.39 is 23.1 Å². The molecular formula is C18H18F2N2O7. The molecule has 29 heavy (non-hydrogen) atoms. The minimum atomic E-state index is -3.04. The van der Waals surface area contributed by atoms with Gasteiger partial charge in [-0.1, -0.05) is 18.2 Å². The third-order valence-corrected chi connectivity index (χ3v) is 3.86. The Hall–Kier alpha value is -3.63. The zero-order valence-electron chi connectivity index (χ0n) is 15.7. The van der Waals surface area contributed by atoms with Gasteiger partial charge in [0.1, 0.15) is 11.3 Å². The number of nitrogens with zero attached hydrogens (tertiary/aromatic N) is 1. The van der Waals surface area contributed by atoms with Crippen LogP contribution in [0.1, 0.15) is 15.9 Å². The maximum Gasteiger partial charge on any atom is 0.387 e.